The van der Waals surface area contributed by atoms with E-state index in [9.17, 15) is 10.1 Å². The number of piperidine rings is 1. The fraction of sp³-hybridized carbons (Fsp3) is 0.485. The predicted molar refractivity (Wildman–Crippen MR) is 176 cm³/mol. The smallest absolute Gasteiger partial charge is 0.263 e. The third-order valence-corrected chi connectivity index (χ3v) is 11.1. The number of fused-ring (bicyclic) bond motifs is 1. The van der Waals surface area contributed by atoms with Crippen molar-refractivity contribution in [1.29, 1.82) is 5.26 Å². The van der Waals surface area contributed by atoms with E-state index in [1.54, 1.807) is 4.57 Å². The van der Waals surface area contributed by atoms with Gasteiger partial charge in [-0.25, -0.2) is 15.0 Å². The van der Waals surface area contributed by atoms with Crippen molar-refractivity contribution >= 4 is 34.8 Å². The number of benzene rings is 1. The van der Waals surface area contributed by atoms with Gasteiger partial charge in [0.05, 0.1) is 11.3 Å². The number of rotatable bonds is 6. The van der Waals surface area contributed by atoms with Gasteiger partial charge in [-0.05, 0) is 81.4 Å². The molecule has 10 nitrogen and oxygen atoms in total. The Labute approximate surface area is 263 Å². The fourth-order valence-corrected chi connectivity index (χ4v) is 8.14. The van der Waals surface area contributed by atoms with Crippen LogP contribution in [0.4, 0.5) is 17.3 Å². The molecule has 1 spiro atoms. The van der Waals surface area contributed by atoms with Gasteiger partial charge in [-0.3, -0.25) is 9.36 Å². The summed E-state index contributed by atoms with van der Waals surface area (Å²) in [6.45, 7) is 12.6. The van der Waals surface area contributed by atoms with Crippen LogP contribution in [-0.4, -0.2) is 38.7 Å². The number of aryl methyl sites for hydroxylation is 2. The number of anilines is 3. The number of hydrogen-bond acceptors (Lipinski definition) is 10. The van der Waals surface area contributed by atoms with Gasteiger partial charge in [0.1, 0.15) is 16.9 Å². The molecule has 1 saturated heterocycles. The summed E-state index contributed by atoms with van der Waals surface area (Å²) in [6, 6.07) is 8.33. The Morgan fingerprint density at radius 3 is 2.64 bits per heavy atom. The lowest BCUT2D eigenvalue weighted by molar-refractivity contribution is 0.186. The third-order valence-electron chi connectivity index (χ3n) is 9.99. The van der Waals surface area contributed by atoms with Crippen LogP contribution in [-0.2, 0) is 13.0 Å². The SMILES string of the molecule is C=C(Nc1cccc(Sc2nc(C#N)c(N3CCC4(CCC(C)C4N)CC3)nc2N)c1C)c1c(C)nc2n(c1=O)CCCC2. The van der Waals surface area contributed by atoms with Gasteiger partial charge in [-0.2, -0.15) is 5.26 Å². The first kappa shape index (κ1) is 30.2. The minimum Gasteiger partial charge on any atom is -0.381 e. The Hall–Kier alpha value is -3.88. The molecule has 3 aromatic rings. The Kier molecular flexibility index (Phi) is 8.16. The monoisotopic (exact) mass is 611 g/mol. The van der Waals surface area contributed by atoms with Crippen LogP contribution in [0.3, 0.4) is 0 Å². The van der Waals surface area contributed by atoms with Crippen molar-refractivity contribution in [2.24, 2.45) is 17.1 Å². The Morgan fingerprint density at radius 1 is 1.16 bits per heavy atom. The molecule has 44 heavy (non-hydrogen) atoms. The molecule has 2 unspecified atom stereocenters. The number of aromatic nitrogens is 4. The highest BCUT2D eigenvalue weighted by Gasteiger charge is 2.46. The zero-order valence-electron chi connectivity index (χ0n) is 25.8. The lowest BCUT2D eigenvalue weighted by Gasteiger charge is -2.43. The second kappa shape index (κ2) is 11.9. The first-order valence-electron chi connectivity index (χ1n) is 15.5. The van der Waals surface area contributed by atoms with E-state index in [-0.39, 0.29) is 22.7 Å². The maximum Gasteiger partial charge on any atom is 0.263 e. The predicted octanol–water partition coefficient (Wildman–Crippen LogP) is 5.02. The molecule has 1 saturated carbocycles. The van der Waals surface area contributed by atoms with Gasteiger partial charge in [0, 0.05) is 48.4 Å². The molecule has 6 rings (SSSR count). The largest absolute Gasteiger partial charge is 0.381 e. The molecule has 1 aliphatic carbocycles. The average Bonchev–Trinajstić information content (AvgIpc) is 3.28. The van der Waals surface area contributed by atoms with Crippen LogP contribution < -0.4 is 27.2 Å². The minimum absolute atomic E-state index is 0.0513. The molecule has 11 heteroatoms. The van der Waals surface area contributed by atoms with E-state index in [1.807, 2.05) is 32.0 Å². The van der Waals surface area contributed by atoms with Crippen molar-refractivity contribution in [2.75, 3.05) is 29.0 Å². The number of nitrogens with one attached hydrogen (secondary N) is 1. The van der Waals surface area contributed by atoms with E-state index in [1.165, 1.54) is 24.6 Å². The molecule has 4 heterocycles. The standard InChI is InChI=1S/C33H41N9OS/c1-19-11-12-33(28(19)35)13-16-41(17-14-33)30-24(18-34)39-31(29(36)40-30)44-25-9-7-8-23(20(25)2)37-21(3)27-22(4)38-26-10-5-6-15-42(26)32(27)43/h7-9,19,28,37H,3,5-6,10-17,35H2,1-2,4H3,(H2,36,40). The molecule has 2 atom stereocenters. The van der Waals surface area contributed by atoms with Crippen LogP contribution >= 0.6 is 11.8 Å². The van der Waals surface area contributed by atoms with Crippen LogP contribution in [0, 0.1) is 36.5 Å². The van der Waals surface area contributed by atoms with Crippen LogP contribution in [0.15, 0.2) is 39.5 Å². The van der Waals surface area contributed by atoms with E-state index in [0.717, 1.165) is 67.2 Å². The molecule has 2 fully saturated rings. The quantitative estimate of drug-likeness (QED) is 0.347. The van der Waals surface area contributed by atoms with E-state index in [4.69, 9.17) is 21.4 Å². The Balaban J connectivity index is 1.21. The third kappa shape index (κ3) is 5.35. The van der Waals surface area contributed by atoms with Crippen molar-refractivity contribution in [2.45, 2.75) is 88.2 Å². The molecule has 0 radical (unpaired) electrons. The highest BCUT2D eigenvalue weighted by Crippen LogP contribution is 2.48. The summed E-state index contributed by atoms with van der Waals surface area (Å²) in [7, 11) is 0. The van der Waals surface area contributed by atoms with E-state index in [0.29, 0.717) is 46.1 Å². The summed E-state index contributed by atoms with van der Waals surface area (Å²) in [5.74, 6) is 2.24. The number of nitriles is 1. The number of hydrogen-bond donors (Lipinski definition) is 3. The Bertz CT molecular complexity index is 1720. The highest BCUT2D eigenvalue weighted by molar-refractivity contribution is 7.99. The first-order valence-corrected chi connectivity index (χ1v) is 16.4. The molecule has 230 valence electrons. The molecule has 1 aromatic carbocycles. The maximum absolute atomic E-state index is 13.3. The molecule has 0 bridgehead atoms. The van der Waals surface area contributed by atoms with Crippen LogP contribution in [0.2, 0.25) is 0 Å². The first-order chi connectivity index (χ1) is 21.1. The summed E-state index contributed by atoms with van der Waals surface area (Å²) in [5.41, 5.74) is 16.9. The van der Waals surface area contributed by atoms with E-state index < -0.39 is 0 Å². The lowest BCUT2D eigenvalue weighted by atomic mass is 9.73. The lowest BCUT2D eigenvalue weighted by Crippen LogP contribution is -2.48. The van der Waals surface area contributed by atoms with Crippen molar-refractivity contribution in [3.63, 3.8) is 0 Å². The molecular weight excluding hydrogens is 570 g/mol. The van der Waals surface area contributed by atoms with Gasteiger partial charge in [0.2, 0.25) is 0 Å². The normalized spacial score (nSPS) is 20.8. The van der Waals surface area contributed by atoms with Gasteiger partial charge in [-0.15, -0.1) is 0 Å². The molecule has 5 N–H and O–H groups in total. The zero-order chi connectivity index (χ0) is 31.2. The minimum atomic E-state index is -0.0513. The van der Waals surface area contributed by atoms with Crippen LogP contribution in [0.25, 0.3) is 5.70 Å². The number of nitrogens with two attached hydrogens (primary N) is 2. The van der Waals surface area contributed by atoms with Crippen LogP contribution in [0.5, 0.6) is 0 Å². The van der Waals surface area contributed by atoms with Crippen molar-refractivity contribution in [1.82, 2.24) is 19.5 Å². The summed E-state index contributed by atoms with van der Waals surface area (Å²) in [5, 5.41) is 13.9. The zero-order valence-corrected chi connectivity index (χ0v) is 26.6. The summed E-state index contributed by atoms with van der Waals surface area (Å²) in [4.78, 5) is 30.5. The van der Waals surface area contributed by atoms with Crippen molar-refractivity contribution in [3.05, 3.63) is 63.5 Å². The van der Waals surface area contributed by atoms with Crippen LogP contribution in [0.1, 0.15) is 73.8 Å². The van der Waals surface area contributed by atoms with Gasteiger partial charge >= 0.3 is 0 Å². The molecule has 2 aromatic heterocycles. The van der Waals surface area contributed by atoms with Gasteiger partial charge in [0.15, 0.2) is 17.3 Å². The van der Waals surface area contributed by atoms with E-state index in [2.05, 4.69) is 34.8 Å². The summed E-state index contributed by atoms with van der Waals surface area (Å²) >= 11 is 1.37. The second-order valence-electron chi connectivity index (χ2n) is 12.6. The second-order valence-corrected chi connectivity index (χ2v) is 13.7. The molecule has 3 aliphatic rings. The summed E-state index contributed by atoms with van der Waals surface area (Å²) < 4.78 is 1.78. The molecule has 0 amide bonds. The average molecular weight is 612 g/mol. The van der Waals surface area contributed by atoms with Gasteiger partial charge in [-0.1, -0.05) is 31.3 Å². The van der Waals surface area contributed by atoms with E-state index >= 15 is 0 Å². The van der Waals surface area contributed by atoms with Gasteiger partial charge in [0.25, 0.3) is 5.56 Å². The molecule has 2 aliphatic heterocycles. The van der Waals surface area contributed by atoms with Crippen molar-refractivity contribution in [3.8, 4) is 6.07 Å². The van der Waals surface area contributed by atoms with Gasteiger partial charge < -0.3 is 21.7 Å². The fourth-order valence-electron chi connectivity index (χ4n) is 7.23. The highest BCUT2D eigenvalue weighted by atomic mass is 32.2. The number of nitrogen functional groups attached to an aromatic ring is 1. The molecular formula is C33H41N9OS. The van der Waals surface area contributed by atoms with Crippen molar-refractivity contribution < 1.29 is 0 Å². The number of nitrogens with zero attached hydrogens (tertiary/aromatic N) is 6. The maximum atomic E-state index is 13.3. The Morgan fingerprint density at radius 2 is 1.93 bits per heavy atom. The topological polar surface area (TPSA) is 152 Å². The summed E-state index contributed by atoms with van der Waals surface area (Å²) in [6.07, 6.45) is 7.16.